The maximum atomic E-state index is 11.9. The van der Waals surface area contributed by atoms with Crippen molar-refractivity contribution in [3.8, 4) is 0 Å². The van der Waals surface area contributed by atoms with Crippen LogP contribution in [0.5, 0.6) is 0 Å². The van der Waals surface area contributed by atoms with Crippen LogP contribution in [0.1, 0.15) is 36.0 Å². The largest absolute Gasteiger partial charge is 0.462 e. The fourth-order valence-electron chi connectivity index (χ4n) is 3.10. The van der Waals surface area contributed by atoms with E-state index >= 15 is 0 Å². The first-order chi connectivity index (χ1) is 10.1. The van der Waals surface area contributed by atoms with Gasteiger partial charge in [-0.3, -0.25) is 4.79 Å². The van der Waals surface area contributed by atoms with E-state index in [0.717, 1.165) is 34.9 Å². The third kappa shape index (κ3) is 2.25. The number of fused-ring (bicyclic) bond motifs is 3. The maximum absolute atomic E-state index is 11.9. The molecule has 6 heteroatoms. The van der Waals surface area contributed by atoms with E-state index in [1.807, 2.05) is 13.8 Å². The van der Waals surface area contributed by atoms with E-state index in [2.05, 4.69) is 9.97 Å². The molecule has 110 valence electrons. The Bertz CT molecular complexity index is 741. The zero-order valence-corrected chi connectivity index (χ0v) is 13.6. The molecule has 4 nitrogen and oxygen atoms in total. The second-order valence-corrected chi connectivity index (χ2v) is 7.98. The molecular weight excluding hydrogens is 304 g/mol. The van der Waals surface area contributed by atoms with Gasteiger partial charge in [0.05, 0.1) is 0 Å². The standard InChI is InChI=1S/C15H16N2O2S2/c1-7-6-11(15(18)19-7)21-14-12-9-4-3-5-10(9)20-13(12)16-8(2)17-14/h7,11H,3-6H2,1-2H3/t7-,11-/m1/s1. The normalized spacial score (nSPS) is 24.6. The lowest BCUT2D eigenvalue weighted by atomic mass is 10.2. The molecule has 21 heavy (non-hydrogen) atoms. The van der Waals surface area contributed by atoms with Crippen molar-refractivity contribution in [2.24, 2.45) is 0 Å². The van der Waals surface area contributed by atoms with Gasteiger partial charge in [0.15, 0.2) is 0 Å². The van der Waals surface area contributed by atoms with Crippen molar-refractivity contribution in [1.29, 1.82) is 0 Å². The minimum Gasteiger partial charge on any atom is -0.462 e. The summed E-state index contributed by atoms with van der Waals surface area (Å²) in [5.74, 6) is 0.674. The number of hydrogen-bond donors (Lipinski definition) is 0. The molecular formula is C15H16N2O2S2. The summed E-state index contributed by atoms with van der Waals surface area (Å²) in [6, 6.07) is 0. The first kappa shape index (κ1) is 13.5. The number of cyclic esters (lactones) is 1. The van der Waals surface area contributed by atoms with Crippen LogP contribution in [-0.2, 0) is 22.4 Å². The lowest BCUT2D eigenvalue weighted by molar-refractivity contribution is -0.140. The van der Waals surface area contributed by atoms with Crippen molar-refractivity contribution in [1.82, 2.24) is 9.97 Å². The summed E-state index contributed by atoms with van der Waals surface area (Å²) in [5.41, 5.74) is 1.41. The van der Waals surface area contributed by atoms with E-state index in [-0.39, 0.29) is 17.3 Å². The number of thiophene rings is 1. The predicted molar refractivity (Wildman–Crippen MR) is 84.0 cm³/mol. The van der Waals surface area contributed by atoms with Crippen molar-refractivity contribution in [3.05, 3.63) is 16.3 Å². The predicted octanol–water partition coefficient (Wildman–Crippen LogP) is 3.28. The zero-order chi connectivity index (χ0) is 14.6. The van der Waals surface area contributed by atoms with Gasteiger partial charge in [0.1, 0.15) is 27.0 Å². The summed E-state index contributed by atoms with van der Waals surface area (Å²) in [6.45, 7) is 3.87. The molecule has 0 saturated carbocycles. The van der Waals surface area contributed by atoms with Gasteiger partial charge < -0.3 is 4.74 Å². The van der Waals surface area contributed by atoms with E-state index in [1.165, 1.54) is 22.2 Å². The van der Waals surface area contributed by atoms with Crippen molar-refractivity contribution in [2.45, 2.75) is 55.9 Å². The Hall–Kier alpha value is -1.14. The number of aromatic nitrogens is 2. The molecule has 1 aliphatic heterocycles. The summed E-state index contributed by atoms with van der Waals surface area (Å²) in [5, 5.41) is 2.03. The molecule has 0 bridgehead atoms. The highest BCUT2D eigenvalue weighted by Gasteiger charge is 2.34. The minimum absolute atomic E-state index is 0.0154. The number of esters is 1. The van der Waals surface area contributed by atoms with Crippen LogP contribution in [0.3, 0.4) is 0 Å². The first-order valence-corrected chi connectivity index (χ1v) is 8.97. The molecule has 0 N–H and O–H groups in total. The summed E-state index contributed by atoms with van der Waals surface area (Å²) >= 11 is 3.35. The van der Waals surface area contributed by atoms with E-state index in [4.69, 9.17) is 4.74 Å². The molecule has 1 fully saturated rings. The van der Waals surface area contributed by atoms with Gasteiger partial charge in [-0.15, -0.1) is 11.3 Å². The summed E-state index contributed by atoms with van der Waals surface area (Å²) in [4.78, 5) is 23.6. The smallest absolute Gasteiger partial charge is 0.319 e. The molecule has 0 spiro atoms. The van der Waals surface area contributed by atoms with Crippen LogP contribution in [0.15, 0.2) is 5.03 Å². The Labute approximate surface area is 131 Å². The van der Waals surface area contributed by atoms with Gasteiger partial charge in [-0.25, -0.2) is 9.97 Å². The van der Waals surface area contributed by atoms with Gasteiger partial charge in [-0.2, -0.15) is 0 Å². The first-order valence-electron chi connectivity index (χ1n) is 7.28. The number of rotatable bonds is 2. The van der Waals surface area contributed by atoms with Crippen molar-refractivity contribution in [2.75, 3.05) is 0 Å². The van der Waals surface area contributed by atoms with E-state index in [1.54, 1.807) is 23.1 Å². The van der Waals surface area contributed by atoms with Crippen molar-refractivity contribution >= 4 is 39.3 Å². The highest BCUT2D eigenvalue weighted by atomic mass is 32.2. The number of hydrogen-bond acceptors (Lipinski definition) is 6. The molecule has 0 unspecified atom stereocenters. The summed E-state index contributed by atoms with van der Waals surface area (Å²) in [7, 11) is 0. The Morgan fingerprint density at radius 2 is 2.19 bits per heavy atom. The van der Waals surface area contributed by atoms with E-state index in [9.17, 15) is 4.79 Å². The number of ether oxygens (including phenoxy) is 1. The van der Waals surface area contributed by atoms with Crippen LogP contribution in [0.25, 0.3) is 10.2 Å². The Morgan fingerprint density at radius 3 is 2.95 bits per heavy atom. The zero-order valence-electron chi connectivity index (χ0n) is 12.0. The quantitative estimate of drug-likeness (QED) is 0.628. The fourth-order valence-corrected chi connectivity index (χ4v) is 5.78. The van der Waals surface area contributed by atoms with Crippen LogP contribution in [-0.4, -0.2) is 27.3 Å². The molecule has 3 heterocycles. The second kappa shape index (κ2) is 4.95. The van der Waals surface area contributed by atoms with Gasteiger partial charge in [0.2, 0.25) is 0 Å². The highest BCUT2D eigenvalue weighted by Crippen LogP contribution is 2.42. The molecule has 1 saturated heterocycles. The topological polar surface area (TPSA) is 52.1 Å². The molecule has 2 aromatic heterocycles. The number of nitrogens with zero attached hydrogens (tertiary/aromatic N) is 2. The molecule has 2 aromatic rings. The minimum atomic E-state index is -0.130. The van der Waals surface area contributed by atoms with Crippen LogP contribution >= 0.6 is 23.1 Å². The Balaban J connectivity index is 1.79. The SMILES string of the molecule is Cc1nc(S[C@@H]2C[C@@H](C)OC2=O)c2c3c(sc2n1)CCC3. The molecule has 0 radical (unpaired) electrons. The Kier molecular flexibility index (Phi) is 3.19. The number of thioether (sulfide) groups is 1. The van der Waals surface area contributed by atoms with E-state index < -0.39 is 0 Å². The van der Waals surface area contributed by atoms with Gasteiger partial charge >= 0.3 is 5.97 Å². The summed E-state index contributed by atoms with van der Waals surface area (Å²) < 4.78 is 5.26. The average Bonchev–Trinajstić information content (AvgIpc) is 3.04. The second-order valence-electron chi connectivity index (χ2n) is 5.70. The molecule has 1 aliphatic carbocycles. The number of aryl methyl sites for hydroxylation is 3. The van der Waals surface area contributed by atoms with Gasteiger partial charge in [-0.1, -0.05) is 11.8 Å². The van der Waals surface area contributed by atoms with Crippen molar-refractivity contribution < 1.29 is 9.53 Å². The molecule has 0 aromatic carbocycles. The lowest BCUT2D eigenvalue weighted by Gasteiger charge is -2.08. The number of carbonyl (C=O) groups is 1. The lowest BCUT2D eigenvalue weighted by Crippen LogP contribution is -2.10. The summed E-state index contributed by atoms with van der Waals surface area (Å²) in [6.07, 6.45) is 4.27. The van der Waals surface area contributed by atoms with Crippen LogP contribution < -0.4 is 0 Å². The van der Waals surface area contributed by atoms with Crippen LogP contribution in [0, 0.1) is 6.92 Å². The third-order valence-corrected chi connectivity index (χ3v) is 6.40. The van der Waals surface area contributed by atoms with Gasteiger partial charge in [-0.05, 0) is 38.7 Å². The molecule has 0 amide bonds. The maximum Gasteiger partial charge on any atom is 0.319 e. The fraction of sp³-hybridized carbons (Fsp3) is 0.533. The third-order valence-electron chi connectivity index (χ3n) is 4.02. The van der Waals surface area contributed by atoms with Crippen molar-refractivity contribution in [3.63, 3.8) is 0 Å². The number of carbonyl (C=O) groups excluding carboxylic acids is 1. The van der Waals surface area contributed by atoms with Gasteiger partial charge in [0, 0.05) is 16.7 Å². The van der Waals surface area contributed by atoms with Crippen LogP contribution in [0.2, 0.25) is 0 Å². The highest BCUT2D eigenvalue weighted by molar-refractivity contribution is 8.00. The van der Waals surface area contributed by atoms with Gasteiger partial charge in [0.25, 0.3) is 0 Å². The van der Waals surface area contributed by atoms with Crippen LogP contribution in [0.4, 0.5) is 0 Å². The molecule has 2 aliphatic rings. The molecule has 2 atom stereocenters. The average molecular weight is 320 g/mol. The van der Waals surface area contributed by atoms with E-state index in [0.29, 0.717) is 0 Å². The monoisotopic (exact) mass is 320 g/mol. The molecule has 4 rings (SSSR count). The Morgan fingerprint density at radius 1 is 1.33 bits per heavy atom.